The van der Waals surface area contributed by atoms with Crippen molar-refractivity contribution in [3.8, 4) is 5.75 Å². The van der Waals surface area contributed by atoms with Crippen LogP contribution in [0.2, 0.25) is 0 Å². The van der Waals surface area contributed by atoms with Crippen LogP contribution in [-0.2, 0) is 24.4 Å². The van der Waals surface area contributed by atoms with Gasteiger partial charge < -0.3 is 23.8 Å². The van der Waals surface area contributed by atoms with Gasteiger partial charge in [0.05, 0.1) is 18.8 Å². The number of amides is 2. The summed E-state index contributed by atoms with van der Waals surface area (Å²) in [4.78, 5) is 27.4. The number of hydrogen-bond donors (Lipinski definition) is 1. The molecule has 4 aromatic rings. The minimum atomic E-state index is -0.410. The molecule has 2 aromatic heterocycles. The summed E-state index contributed by atoms with van der Waals surface area (Å²) in [5.74, 6) is 1.47. The first kappa shape index (κ1) is 26.3. The van der Waals surface area contributed by atoms with Crippen LogP contribution in [0.15, 0.2) is 81.8 Å². The van der Waals surface area contributed by atoms with E-state index < -0.39 is 6.04 Å². The third-order valence-corrected chi connectivity index (χ3v) is 6.68. The quantitative estimate of drug-likeness (QED) is 0.285. The predicted molar refractivity (Wildman–Crippen MR) is 142 cm³/mol. The van der Waals surface area contributed by atoms with E-state index in [0.717, 1.165) is 16.7 Å². The van der Waals surface area contributed by atoms with Crippen molar-refractivity contribution in [3.05, 3.63) is 113 Å². The molecule has 5 rings (SSSR count). The van der Waals surface area contributed by atoms with Gasteiger partial charge in [0.25, 0.3) is 5.91 Å². The highest BCUT2D eigenvalue weighted by Gasteiger charge is 2.32. The second-order valence-corrected chi connectivity index (χ2v) is 10.1. The number of fused-ring (bicyclic) bond motifs is 1. The zero-order chi connectivity index (χ0) is 27.4. The number of carbonyl (C=O) groups is 2. The molecule has 0 aliphatic carbocycles. The molecule has 2 amide bonds. The number of rotatable bonds is 9. The van der Waals surface area contributed by atoms with E-state index in [9.17, 15) is 14.0 Å². The van der Waals surface area contributed by atoms with Gasteiger partial charge in [-0.25, -0.2) is 4.39 Å². The summed E-state index contributed by atoms with van der Waals surface area (Å²) in [7, 11) is 0. The molecule has 202 valence electrons. The molecule has 1 aliphatic heterocycles. The first-order valence-corrected chi connectivity index (χ1v) is 13.1. The fourth-order valence-electron chi connectivity index (χ4n) is 4.85. The number of ether oxygens (including phenoxy) is 1. The molecular weight excluding hydrogens is 499 g/mol. The Bertz CT molecular complexity index is 1440. The molecule has 2 aromatic carbocycles. The molecule has 0 fully saturated rings. The highest BCUT2D eigenvalue weighted by atomic mass is 19.1. The van der Waals surface area contributed by atoms with Crippen LogP contribution in [-0.4, -0.2) is 23.3 Å². The van der Waals surface area contributed by atoms with Crippen molar-refractivity contribution in [2.75, 3.05) is 6.54 Å². The van der Waals surface area contributed by atoms with E-state index in [4.69, 9.17) is 13.6 Å². The first-order valence-electron chi connectivity index (χ1n) is 13.1. The van der Waals surface area contributed by atoms with Crippen LogP contribution in [0.3, 0.4) is 0 Å². The summed E-state index contributed by atoms with van der Waals surface area (Å²) in [6.07, 6.45) is 2.68. The largest absolute Gasteiger partial charge is 0.486 e. The van der Waals surface area contributed by atoms with Crippen LogP contribution in [0.25, 0.3) is 0 Å². The summed E-state index contributed by atoms with van der Waals surface area (Å²) in [5, 5.41) is 2.75. The second-order valence-electron chi connectivity index (χ2n) is 10.1. The Labute approximate surface area is 226 Å². The minimum Gasteiger partial charge on any atom is -0.486 e. The van der Waals surface area contributed by atoms with Crippen LogP contribution in [0.5, 0.6) is 5.75 Å². The Morgan fingerprint density at radius 3 is 2.72 bits per heavy atom. The van der Waals surface area contributed by atoms with Crippen molar-refractivity contribution in [1.29, 1.82) is 0 Å². The number of furan rings is 2. The van der Waals surface area contributed by atoms with Crippen molar-refractivity contribution in [3.63, 3.8) is 0 Å². The van der Waals surface area contributed by atoms with E-state index in [1.807, 2.05) is 43.0 Å². The Morgan fingerprint density at radius 2 is 1.95 bits per heavy atom. The molecule has 1 atom stereocenters. The normalized spacial score (nSPS) is 14.8. The zero-order valence-electron chi connectivity index (χ0n) is 22.0. The highest BCUT2D eigenvalue weighted by Crippen LogP contribution is 2.38. The monoisotopic (exact) mass is 530 g/mol. The summed E-state index contributed by atoms with van der Waals surface area (Å²) in [6, 6.07) is 18.6. The Kier molecular flexibility index (Phi) is 7.81. The molecule has 8 heteroatoms. The maximum Gasteiger partial charge on any atom is 0.287 e. The van der Waals surface area contributed by atoms with Gasteiger partial charge >= 0.3 is 0 Å². The Morgan fingerprint density at radius 1 is 1.08 bits per heavy atom. The van der Waals surface area contributed by atoms with E-state index in [2.05, 4.69) is 5.32 Å². The third kappa shape index (κ3) is 6.22. The summed E-state index contributed by atoms with van der Waals surface area (Å²) in [6.45, 7) is 4.97. The second kappa shape index (κ2) is 11.6. The van der Waals surface area contributed by atoms with Gasteiger partial charge in [-0.05, 0) is 77.6 Å². The maximum absolute atomic E-state index is 14.2. The number of hydrogen-bond acceptors (Lipinski definition) is 5. The van der Waals surface area contributed by atoms with Gasteiger partial charge in [-0.3, -0.25) is 9.59 Å². The zero-order valence-corrected chi connectivity index (χ0v) is 22.0. The van der Waals surface area contributed by atoms with Crippen molar-refractivity contribution >= 4 is 11.8 Å². The van der Waals surface area contributed by atoms with Crippen LogP contribution in [0, 0.1) is 11.7 Å². The molecule has 0 saturated carbocycles. The molecule has 39 heavy (non-hydrogen) atoms. The molecular formula is C31H31FN2O5. The molecule has 0 saturated heterocycles. The van der Waals surface area contributed by atoms with E-state index in [1.54, 1.807) is 36.6 Å². The smallest absolute Gasteiger partial charge is 0.287 e. The first-order chi connectivity index (χ1) is 18.9. The van der Waals surface area contributed by atoms with Crippen LogP contribution < -0.4 is 10.1 Å². The van der Waals surface area contributed by atoms with Crippen LogP contribution in [0.1, 0.15) is 65.1 Å². The maximum atomic E-state index is 14.2. The van der Waals surface area contributed by atoms with Gasteiger partial charge in [0.2, 0.25) is 5.91 Å². The van der Waals surface area contributed by atoms with E-state index in [1.165, 1.54) is 12.1 Å². The van der Waals surface area contributed by atoms with Crippen LogP contribution in [0.4, 0.5) is 4.39 Å². The van der Waals surface area contributed by atoms with Crippen molar-refractivity contribution in [2.45, 2.75) is 45.9 Å². The third-order valence-electron chi connectivity index (χ3n) is 6.68. The van der Waals surface area contributed by atoms with Crippen molar-refractivity contribution < 1.29 is 27.6 Å². The van der Waals surface area contributed by atoms with E-state index in [-0.39, 0.29) is 42.5 Å². The lowest BCUT2D eigenvalue weighted by Crippen LogP contribution is -2.41. The fraction of sp³-hybridized carbons (Fsp3) is 0.290. The lowest BCUT2D eigenvalue weighted by molar-refractivity contribution is -0.134. The van der Waals surface area contributed by atoms with E-state index in [0.29, 0.717) is 36.7 Å². The van der Waals surface area contributed by atoms with Gasteiger partial charge in [0.1, 0.15) is 29.7 Å². The SMILES string of the molecule is CC(C)CC(=O)N1CCc2ccc(OCc3ccc(C(=O)NCc4ccco4)o3)cc2C1c1cccc(F)c1. The fourth-order valence-corrected chi connectivity index (χ4v) is 4.85. The predicted octanol–water partition coefficient (Wildman–Crippen LogP) is 6.04. The average molecular weight is 531 g/mol. The van der Waals surface area contributed by atoms with Gasteiger partial charge in [-0.2, -0.15) is 0 Å². The van der Waals surface area contributed by atoms with E-state index >= 15 is 0 Å². The molecule has 1 unspecified atom stereocenters. The number of benzene rings is 2. The molecule has 0 radical (unpaired) electrons. The molecule has 0 spiro atoms. The molecule has 1 aliphatic rings. The summed E-state index contributed by atoms with van der Waals surface area (Å²) in [5.41, 5.74) is 2.74. The summed E-state index contributed by atoms with van der Waals surface area (Å²) >= 11 is 0. The lowest BCUT2D eigenvalue weighted by Gasteiger charge is -2.38. The topological polar surface area (TPSA) is 84.9 Å². The molecule has 1 N–H and O–H groups in total. The molecule has 7 nitrogen and oxygen atoms in total. The number of nitrogens with one attached hydrogen (secondary N) is 1. The van der Waals surface area contributed by atoms with Gasteiger partial charge in [-0.15, -0.1) is 0 Å². The minimum absolute atomic E-state index is 0.0460. The van der Waals surface area contributed by atoms with Crippen LogP contribution >= 0.6 is 0 Å². The highest BCUT2D eigenvalue weighted by molar-refractivity contribution is 5.91. The van der Waals surface area contributed by atoms with Gasteiger partial charge in [-0.1, -0.05) is 32.0 Å². The number of carbonyl (C=O) groups excluding carboxylic acids is 2. The molecule has 3 heterocycles. The van der Waals surface area contributed by atoms with Crippen molar-refractivity contribution in [2.24, 2.45) is 5.92 Å². The Balaban J connectivity index is 1.32. The molecule has 0 bridgehead atoms. The number of halogens is 1. The Hall–Kier alpha value is -4.33. The van der Waals surface area contributed by atoms with Crippen molar-refractivity contribution in [1.82, 2.24) is 10.2 Å². The average Bonchev–Trinajstić information content (AvgIpc) is 3.62. The standard InChI is InChI=1S/C31H31FN2O5/c1-20(2)15-29(35)34-13-12-21-8-9-24(17-27(21)30(34)22-5-3-6-23(32)16-22)38-19-26-10-11-28(39-26)31(36)33-18-25-7-4-14-37-25/h3-11,14,16-17,20,30H,12-13,15,18-19H2,1-2H3,(H,33,36). The summed E-state index contributed by atoms with van der Waals surface area (Å²) < 4.78 is 31.2. The number of nitrogens with zero attached hydrogens (tertiary/aromatic N) is 1. The van der Waals surface area contributed by atoms with Gasteiger partial charge in [0, 0.05) is 13.0 Å². The lowest BCUT2D eigenvalue weighted by atomic mass is 9.87. The van der Waals surface area contributed by atoms with Gasteiger partial charge in [0.15, 0.2) is 5.76 Å².